The van der Waals surface area contributed by atoms with Crippen molar-refractivity contribution in [3.63, 3.8) is 0 Å². The van der Waals surface area contributed by atoms with Gasteiger partial charge in [-0.2, -0.15) is 0 Å². The van der Waals surface area contributed by atoms with Crippen molar-refractivity contribution in [3.05, 3.63) is 54.1 Å². The van der Waals surface area contributed by atoms with Crippen molar-refractivity contribution in [1.82, 2.24) is 0 Å². The smallest absolute Gasteiger partial charge is 0.255 e. The summed E-state index contributed by atoms with van der Waals surface area (Å²) in [5.74, 6) is 0.596. The van der Waals surface area contributed by atoms with E-state index < -0.39 is 0 Å². The molecule has 5 heteroatoms. The first-order chi connectivity index (χ1) is 12.1. The lowest BCUT2D eigenvalue weighted by atomic mass is 10.1. The molecule has 2 aromatic rings. The molecule has 3 rings (SSSR count). The standard InChI is InChI=1S/C20H24N2O3/c1-14-12-25-13-15(2)22(14)18-8-6-17(7-9-18)21-20(23)16-4-10-19(24-3)11-5-16/h4-11,14-15H,12-13H2,1-3H3,(H,21,23). The van der Waals surface area contributed by atoms with Gasteiger partial charge in [-0.1, -0.05) is 0 Å². The van der Waals surface area contributed by atoms with Crippen LogP contribution in [0.4, 0.5) is 11.4 Å². The van der Waals surface area contributed by atoms with Crippen molar-refractivity contribution in [1.29, 1.82) is 0 Å². The maximum Gasteiger partial charge on any atom is 0.255 e. The second-order valence-corrected chi connectivity index (χ2v) is 6.37. The van der Waals surface area contributed by atoms with Crippen molar-refractivity contribution in [2.75, 3.05) is 30.5 Å². The molecule has 0 saturated carbocycles. The lowest BCUT2D eigenvalue weighted by molar-refractivity contribution is 0.0757. The van der Waals surface area contributed by atoms with E-state index in [0.717, 1.165) is 30.3 Å². The van der Waals surface area contributed by atoms with Crippen molar-refractivity contribution in [2.45, 2.75) is 25.9 Å². The number of amides is 1. The molecule has 2 atom stereocenters. The minimum Gasteiger partial charge on any atom is -0.497 e. The first kappa shape index (κ1) is 17.3. The summed E-state index contributed by atoms with van der Waals surface area (Å²) in [6.45, 7) is 5.80. The number of ether oxygens (including phenoxy) is 2. The predicted octanol–water partition coefficient (Wildman–Crippen LogP) is 3.56. The normalized spacial score (nSPS) is 20.2. The number of benzene rings is 2. The molecule has 25 heavy (non-hydrogen) atoms. The van der Waals surface area contributed by atoms with E-state index in [2.05, 4.69) is 24.1 Å². The third kappa shape index (κ3) is 3.94. The molecule has 2 aromatic carbocycles. The largest absolute Gasteiger partial charge is 0.497 e. The van der Waals surface area contributed by atoms with Crippen LogP contribution in [0.3, 0.4) is 0 Å². The third-order valence-electron chi connectivity index (χ3n) is 4.44. The zero-order valence-electron chi connectivity index (χ0n) is 14.9. The minimum absolute atomic E-state index is 0.136. The summed E-state index contributed by atoms with van der Waals surface area (Å²) in [6, 6.07) is 15.7. The highest BCUT2D eigenvalue weighted by Gasteiger charge is 2.25. The van der Waals surface area contributed by atoms with Crippen LogP contribution < -0.4 is 15.0 Å². The molecule has 0 aromatic heterocycles. The van der Waals surface area contributed by atoms with E-state index in [9.17, 15) is 4.79 Å². The van der Waals surface area contributed by atoms with Gasteiger partial charge >= 0.3 is 0 Å². The molecule has 0 bridgehead atoms. The van der Waals surface area contributed by atoms with Crippen LogP contribution in [0.25, 0.3) is 0 Å². The molecule has 1 amide bonds. The Hall–Kier alpha value is -2.53. The van der Waals surface area contributed by atoms with E-state index in [1.54, 1.807) is 31.4 Å². The van der Waals surface area contributed by atoms with E-state index in [0.29, 0.717) is 17.6 Å². The van der Waals surface area contributed by atoms with Crippen LogP contribution >= 0.6 is 0 Å². The van der Waals surface area contributed by atoms with Crippen molar-refractivity contribution in [2.24, 2.45) is 0 Å². The fourth-order valence-electron chi connectivity index (χ4n) is 3.18. The summed E-state index contributed by atoms with van der Waals surface area (Å²) < 4.78 is 10.7. The molecule has 0 aliphatic carbocycles. The van der Waals surface area contributed by atoms with Crippen LogP contribution in [0.15, 0.2) is 48.5 Å². The number of methoxy groups -OCH3 is 1. The molecule has 0 spiro atoms. The zero-order chi connectivity index (χ0) is 17.8. The maximum absolute atomic E-state index is 12.3. The van der Waals surface area contributed by atoms with Crippen LogP contribution in [-0.2, 0) is 4.74 Å². The molecule has 1 aliphatic rings. The quantitative estimate of drug-likeness (QED) is 0.924. The number of carbonyl (C=O) groups is 1. The molecule has 1 heterocycles. The number of rotatable bonds is 4. The summed E-state index contributed by atoms with van der Waals surface area (Å²) in [4.78, 5) is 14.7. The van der Waals surface area contributed by atoms with Gasteiger partial charge in [0.25, 0.3) is 5.91 Å². The molecule has 0 radical (unpaired) electrons. The van der Waals surface area contributed by atoms with Crippen molar-refractivity contribution < 1.29 is 14.3 Å². The fourth-order valence-corrected chi connectivity index (χ4v) is 3.18. The van der Waals surface area contributed by atoms with E-state index in [1.165, 1.54) is 0 Å². The average Bonchev–Trinajstić information content (AvgIpc) is 2.63. The second kappa shape index (κ2) is 7.57. The van der Waals surface area contributed by atoms with Crippen molar-refractivity contribution in [3.8, 4) is 5.75 Å². The molecule has 1 N–H and O–H groups in total. The Morgan fingerprint density at radius 2 is 1.64 bits per heavy atom. The van der Waals surface area contributed by atoms with Gasteiger partial charge in [0.15, 0.2) is 0 Å². The highest BCUT2D eigenvalue weighted by Crippen LogP contribution is 2.25. The van der Waals surface area contributed by atoms with Gasteiger partial charge in [0.1, 0.15) is 5.75 Å². The Bertz CT molecular complexity index is 703. The van der Waals surface area contributed by atoms with Gasteiger partial charge in [0.05, 0.1) is 20.3 Å². The Labute approximate surface area is 148 Å². The van der Waals surface area contributed by atoms with Crippen LogP contribution in [0, 0.1) is 0 Å². The molecular weight excluding hydrogens is 316 g/mol. The van der Waals surface area contributed by atoms with E-state index in [-0.39, 0.29) is 5.91 Å². The number of hydrogen-bond donors (Lipinski definition) is 1. The summed E-state index contributed by atoms with van der Waals surface area (Å²) in [5.41, 5.74) is 2.52. The average molecular weight is 340 g/mol. The lowest BCUT2D eigenvalue weighted by Gasteiger charge is -2.40. The third-order valence-corrected chi connectivity index (χ3v) is 4.44. The van der Waals surface area contributed by atoms with Gasteiger partial charge in [-0.15, -0.1) is 0 Å². The monoisotopic (exact) mass is 340 g/mol. The van der Waals surface area contributed by atoms with Crippen LogP contribution in [0.5, 0.6) is 5.75 Å². The van der Waals surface area contributed by atoms with Crippen LogP contribution in [-0.4, -0.2) is 38.3 Å². The summed E-state index contributed by atoms with van der Waals surface area (Å²) in [5, 5.41) is 2.93. The highest BCUT2D eigenvalue weighted by atomic mass is 16.5. The van der Waals surface area contributed by atoms with Crippen LogP contribution in [0.2, 0.25) is 0 Å². The van der Waals surface area contributed by atoms with Gasteiger partial charge < -0.3 is 19.7 Å². The number of carbonyl (C=O) groups excluding carboxylic acids is 1. The molecule has 2 unspecified atom stereocenters. The number of anilines is 2. The van der Waals surface area contributed by atoms with Gasteiger partial charge in [-0.3, -0.25) is 4.79 Å². The topological polar surface area (TPSA) is 50.8 Å². The Kier molecular flexibility index (Phi) is 5.24. The molecule has 1 saturated heterocycles. The molecule has 132 valence electrons. The fraction of sp³-hybridized carbons (Fsp3) is 0.350. The Balaban J connectivity index is 1.68. The molecule has 1 fully saturated rings. The summed E-state index contributed by atoms with van der Waals surface area (Å²) in [7, 11) is 1.60. The first-order valence-electron chi connectivity index (χ1n) is 8.50. The lowest BCUT2D eigenvalue weighted by Crippen LogP contribution is -2.49. The molecular formula is C20H24N2O3. The van der Waals surface area contributed by atoms with Gasteiger partial charge in [-0.05, 0) is 62.4 Å². The Morgan fingerprint density at radius 1 is 1.04 bits per heavy atom. The van der Waals surface area contributed by atoms with Gasteiger partial charge in [-0.25, -0.2) is 0 Å². The summed E-state index contributed by atoms with van der Waals surface area (Å²) >= 11 is 0. The first-order valence-corrected chi connectivity index (χ1v) is 8.50. The van der Waals surface area contributed by atoms with E-state index >= 15 is 0 Å². The van der Waals surface area contributed by atoms with Crippen molar-refractivity contribution >= 4 is 17.3 Å². The van der Waals surface area contributed by atoms with Crippen LogP contribution in [0.1, 0.15) is 24.2 Å². The predicted molar refractivity (Wildman–Crippen MR) is 99.6 cm³/mol. The number of nitrogens with zero attached hydrogens (tertiary/aromatic N) is 1. The van der Waals surface area contributed by atoms with Gasteiger partial charge in [0.2, 0.25) is 0 Å². The Morgan fingerprint density at radius 3 is 2.20 bits per heavy atom. The number of hydrogen-bond acceptors (Lipinski definition) is 4. The molecule has 5 nitrogen and oxygen atoms in total. The summed E-state index contributed by atoms with van der Waals surface area (Å²) in [6.07, 6.45) is 0. The molecule has 1 aliphatic heterocycles. The minimum atomic E-state index is -0.136. The van der Waals surface area contributed by atoms with E-state index in [4.69, 9.17) is 9.47 Å². The van der Waals surface area contributed by atoms with E-state index in [1.807, 2.05) is 24.3 Å². The highest BCUT2D eigenvalue weighted by molar-refractivity contribution is 6.04. The number of nitrogens with one attached hydrogen (secondary N) is 1. The van der Waals surface area contributed by atoms with Gasteiger partial charge in [0, 0.05) is 29.0 Å². The number of morpholine rings is 1. The zero-order valence-corrected chi connectivity index (χ0v) is 14.9. The maximum atomic E-state index is 12.3. The SMILES string of the molecule is COc1ccc(C(=O)Nc2ccc(N3C(C)COCC3C)cc2)cc1. The second-order valence-electron chi connectivity index (χ2n) is 6.37.